The fraction of sp³-hybridized carbons (Fsp3) is 0.625. The number of likely N-dealkylation sites (N-methyl/N-ethyl adjacent to an activating group) is 1. The molecule has 1 aliphatic heterocycles. The number of hydrogen-bond acceptors (Lipinski definition) is 4. The number of hydrogen-bond donors (Lipinski definition) is 1. The molecule has 1 unspecified atom stereocenters. The summed E-state index contributed by atoms with van der Waals surface area (Å²) in [4.78, 5) is 4.10. The lowest BCUT2D eigenvalue weighted by atomic mass is 9.92. The average molecular weight is 332 g/mol. The van der Waals surface area contributed by atoms with Gasteiger partial charge in [0, 0.05) is 19.6 Å². The molecule has 1 aromatic rings. The van der Waals surface area contributed by atoms with Crippen molar-refractivity contribution in [3.8, 4) is 5.75 Å². The number of rotatable bonds is 5. The van der Waals surface area contributed by atoms with Crippen molar-refractivity contribution in [3.05, 3.63) is 29.8 Å². The molecule has 7 heteroatoms. The molecule has 23 heavy (non-hydrogen) atoms. The minimum atomic E-state index is -4.67. The molecule has 1 atom stereocenters. The van der Waals surface area contributed by atoms with Gasteiger partial charge in [0.1, 0.15) is 5.75 Å². The third-order valence-electron chi connectivity index (χ3n) is 3.81. The summed E-state index contributed by atoms with van der Waals surface area (Å²) in [5.41, 5.74) is 0.162. The van der Waals surface area contributed by atoms with Gasteiger partial charge in [0.25, 0.3) is 0 Å². The minimum absolute atomic E-state index is 0.219. The first-order valence-corrected chi connectivity index (χ1v) is 7.59. The molecule has 1 aromatic carbocycles. The van der Waals surface area contributed by atoms with E-state index in [2.05, 4.69) is 9.64 Å². The summed E-state index contributed by atoms with van der Waals surface area (Å²) in [5.74, 6) is -0.219. The summed E-state index contributed by atoms with van der Waals surface area (Å²) >= 11 is 0. The van der Waals surface area contributed by atoms with Crippen LogP contribution in [0.5, 0.6) is 5.75 Å². The molecule has 0 aromatic heterocycles. The topological polar surface area (TPSA) is 35.9 Å². The van der Waals surface area contributed by atoms with Gasteiger partial charge in [-0.05, 0) is 51.2 Å². The Morgan fingerprint density at radius 1 is 1.26 bits per heavy atom. The van der Waals surface area contributed by atoms with E-state index < -0.39 is 12.0 Å². The zero-order valence-electron chi connectivity index (χ0n) is 13.4. The third-order valence-corrected chi connectivity index (χ3v) is 3.81. The molecular formula is C16H23F3N2O2. The Labute approximate surface area is 134 Å². The van der Waals surface area contributed by atoms with Gasteiger partial charge in [-0.1, -0.05) is 12.1 Å². The first-order chi connectivity index (χ1) is 10.7. The van der Waals surface area contributed by atoms with Crippen molar-refractivity contribution in [1.29, 1.82) is 0 Å². The zero-order chi connectivity index (χ0) is 17.1. The average Bonchev–Trinajstić information content (AvgIpc) is 2.38. The molecule has 0 aliphatic carbocycles. The summed E-state index contributed by atoms with van der Waals surface area (Å²) in [6.07, 6.45) is -3.00. The first-order valence-electron chi connectivity index (χ1n) is 7.59. The summed E-state index contributed by atoms with van der Waals surface area (Å²) < 4.78 is 40.3. The van der Waals surface area contributed by atoms with Crippen molar-refractivity contribution in [2.24, 2.45) is 0 Å². The van der Waals surface area contributed by atoms with E-state index in [9.17, 15) is 18.3 Å². The first kappa shape index (κ1) is 18.0. The van der Waals surface area contributed by atoms with Crippen molar-refractivity contribution in [1.82, 2.24) is 9.80 Å². The van der Waals surface area contributed by atoms with Crippen LogP contribution in [0.25, 0.3) is 0 Å². The van der Waals surface area contributed by atoms with Gasteiger partial charge in [-0.25, -0.2) is 0 Å². The van der Waals surface area contributed by atoms with Crippen molar-refractivity contribution in [2.75, 3.05) is 33.7 Å². The van der Waals surface area contributed by atoms with Gasteiger partial charge in [0.15, 0.2) is 0 Å². The SMILES string of the molecule is CN(C)CC1(O)CCCN(Cc2ccc(OC(F)(F)F)cc2)C1. The monoisotopic (exact) mass is 332 g/mol. The lowest BCUT2D eigenvalue weighted by Crippen LogP contribution is -2.52. The standard InChI is InChI=1S/C16H23F3N2O2/c1-20(2)11-15(22)8-3-9-21(12-15)10-13-4-6-14(7-5-13)23-16(17,18)19/h4-7,22H,3,8-12H2,1-2H3. The van der Waals surface area contributed by atoms with Crippen LogP contribution in [-0.4, -0.2) is 60.6 Å². The van der Waals surface area contributed by atoms with Crippen molar-refractivity contribution in [2.45, 2.75) is 31.3 Å². The summed E-state index contributed by atoms with van der Waals surface area (Å²) in [6, 6.07) is 5.89. The van der Waals surface area contributed by atoms with Gasteiger partial charge in [-0.3, -0.25) is 4.90 Å². The van der Waals surface area contributed by atoms with E-state index in [4.69, 9.17) is 0 Å². The van der Waals surface area contributed by atoms with E-state index in [1.54, 1.807) is 12.1 Å². The second-order valence-corrected chi connectivity index (χ2v) is 6.47. The number of aliphatic hydroxyl groups is 1. The predicted octanol–water partition coefficient (Wildman–Crippen LogP) is 2.47. The van der Waals surface area contributed by atoms with Crippen LogP contribution in [0.4, 0.5) is 13.2 Å². The second kappa shape index (κ2) is 7.07. The van der Waals surface area contributed by atoms with E-state index in [0.717, 1.165) is 24.9 Å². The molecular weight excluding hydrogens is 309 g/mol. The van der Waals surface area contributed by atoms with Crippen molar-refractivity contribution in [3.63, 3.8) is 0 Å². The fourth-order valence-corrected chi connectivity index (χ4v) is 3.11. The fourth-order valence-electron chi connectivity index (χ4n) is 3.11. The molecule has 4 nitrogen and oxygen atoms in total. The Balaban J connectivity index is 1.94. The summed E-state index contributed by atoms with van der Waals surface area (Å²) in [7, 11) is 3.85. The molecule has 0 saturated carbocycles. The van der Waals surface area contributed by atoms with Gasteiger partial charge in [0.2, 0.25) is 0 Å². The number of β-amino-alcohol motifs (C(OH)–C–C–N with tert-alkyl or cyclic N) is 1. The van der Waals surface area contributed by atoms with E-state index in [1.165, 1.54) is 12.1 Å². The van der Waals surface area contributed by atoms with Crippen LogP contribution < -0.4 is 4.74 Å². The highest BCUT2D eigenvalue weighted by molar-refractivity contribution is 5.27. The van der Waals surface area contributed by atoms with Crippen molar-refractivity contribution < 1.29 is 23.0 Å². The molecule has 0 bridgehead atoms. The molecule has 0 radical (unpaired) electrons. The number of benzene rings is 1. The highest BCUT2D eigenvalue weighted by atomic mass is 19.4. The number of ether oxygens (including phenoxy) is 1. The number of halogens is 3. The van der Waals surface area contributed by atoms with E-state index >= 15 is 0 Å². The maximum Gasteiger partial charge on any atom is 0.573 e. The maximum absolute atomic E-state index is 12.1. The molecule has 1 aliphatic rings. The number of alkyl halides is 3. The van der Waals surface area contributed by atoms with Crippen LogP contribution in [0.1, 0.15) is 18.4 Å². The Hall–Kier alpha value is -1.31. The zero-order valence-corrected chi connectivity index (χ0v) is 13.4. The number of piperidine rings is 1. The molecule has 1 N–H and O–H groups in total. The van der Waals surface area contributed by atoms with Crippen LogP contribution in [-0.2, 0) is 6.54 Å². The maximum atomic E-state index is 12.1. The van der Waals surface area contributed by atoms with Crippen LogP contribution in [0, 0.1) is 0 Å². The lowest BCUT2D eigenvalue weighted by Gasteiger charge is -2.40. The summed E-state index contributed by atoms with van der Waals surface area (Å²) in [5, 5.41) is 10.6. The Morgan fingerprint density at radius 2 is 1.91 bits per heavy atom. The highest BCUT2D eigenvalue weighted by Gasteiger charge is 2.34. The molecule has 1 saturated heterocycles. The second-order valence-electron chi connectivity index (χ2n) is 6.47. The Morgan fingerprint density at radius 3 is 2.48 bits per heavy atom. The lowest BCUT2D eigenvalue weighted by molar-refractivity contribution is -0.274. The number of nitrogens with zero attached hydrogens (tertiary/aromatic N) is 2. The Bertz CT molecular complexity index is 505. The van der Waals surface area contributed by atoms with Crippen LogP contribution in [0.2, 0.25) is 0 Å². The van der Waals surface area contributed by atoms with E-state index in [-0.39, 0.29) is 5.75 Å². The number of likely N-dealkylation sites (tertiary alicyclic amines) is 1. The van der Waals surface area contributed by atoms with E-state index in [0.29, 0.717) is 19.6 Å². The third kappa shape index (κ3) is 6.01. The van der Waals surface area contributed by atoms with Gasteiger partial charge in [0.05, 0.1) is 5.60 Å². The Kier molecular flexibility index (Phi) is 5.54. The van der Waals surface area contributed by atoms with Crippen LogP contribution >= 0.6 is 0 Å². The quantitative estimate of drug-likeness (QED) is 0.899. The van der Waals surface area contributed by atoms with Gasteiger partial charge in [-0.2, -0.15) is 0 Å². The van der Waals surface area contributed by atoms with Gasteiger partial charge < -0.3 is 14.7 Å². The largest absolute Gasteiger partial charge is 0.573 e. The van der Waals surface area contributed by atoms with E-state index in [1.807, 2.05) is 19.0 Å². The molecule has 0 spiro atoms. The highest BCUT2D eigenvalue weighted by Crippen LogP contribution is 2.25. The summed E-state index contributed by atoms with van der Waals surface area (Å²) in [6.45, 7) is 2.63. The molecule has 130 valence electrons. The smallest absolute Gasteiger partial charge is 0.406 e. The normalized spacial score (nSPS) is 23.3. The molecule has 1 heterocycles. The molecule has 0 amide bonds. The molecule has 2 rings (SSSR count). The van der Waals surface area contributed by atoms with Crippen molar-refractivity contribution >= 4 is 0 Å². The van der Waals surface area contributed by atoms with Crippen LogP contribution in [0.15, 0.2) is 24.3 Å². The van der Waals surface area contributed by atoms with Crippen LogP contribution in [0.3, 0.4) is 0 Å². The molecule has 1 fully saturated rings. The predicted molar refractivity (Wildman–Crippen MR) is 81.1 cm³/mol. The minimum Gasteiger partial charge on any atom is -0.406 e. The van der Waals surface area contributed by atoms with Gasteiger partial charge >= 0.3 is 6.36 Å². The van der Waals surface area contributed by atoms with Gasteiger partial charge in [-0.15, -0.1) is 13.2 Å².